The molecule has 8 nitrogen and oxygen atoms in total. The number of aromatic nitrogens is 3. The van der Waals surface area contributed by atoms with Crippen molar-refractivity contribution in [3.05, 3.63) is 52.7 Å². The van der Waals surface area contributed by atoms with Crippen LogP contribution in [0.5, 0.6) is 0 Å². The molecule has 9 heteroatoms. The Morgan fingerprint density at radius 3 is 2.96 bits per heavy atom. The van der Waals surface area contributed by atoms with Crippen molar-refractivity contribution in [1.82, 2.24) is 24.6 Å². The number of hydrogen-bond acceptors (Lipinski definition) is 4. The van der Waals surface area contributed by atoms with Crippen LogP contribution in [0.3, 0.4) is 0 Å². The smallest absolute Gasteiger partial charge is 0.250 e. The average Bonchev–Trinajstić information content (AvgIpc) is 3.12. The van der Waals surface area contributed by atoms with E-state index in [0.717, 1.165) is 50.5 Å². The standard InChI is InChI=1S/C19H28N6O2.HI/c1-20-19(21-8-4-6-10-24-9-5-3-7-18(24)26)25-11-12-27-17(15-25)16-13-22-23(2)14-16;/h3,5,7,9,13-14,17H,4,6,8,10-12,15H2,1-2H3,(H,20,21);1H. The Hall–Kier alpha value is -1.88. The van der Waals surface area contributed by atoms with E-state index >= 15 is 0 Å². The Bertz CT molecular complexity index is 819. The molecule has 1 aliphatic rings. The van der Waals surface area contributed by atoms with Crippen molar-refractivity contribution in [2.75, 3.05) is 33.3 Å². The van der Waals surface area contributed by atoms with Crippen LogP contribution >= 0.6 is 24.0 Å². The van der Waals surface area contributed by atoms with Gasteiger partial charge in [0.15, 0.2) is 5.96 Å². The lowest BCUT2D eigenvalue weighted by molar-refractivity contribution is -0.00802. The van der Waals surface area contributed by atoms with Crippen LogP contribution in [0.1, 0.15) is 24.5 Å². The summed E-state index contributed by atoms with van der Waals surface area (Å²) < 4.78 is 9.44. The van der Waals surface area contributed by atoms with Crippen LogP contribution in [0.15, 0.2) is 46.6 Å². The third-order valence-corrected chi connectivity index (χ3v) is 4.68. The Kier molecular flexibility index (Phi) is 8.97. The molecule has 1 aliphatic heterocycles. The van der Waals surface area contributed by atoms with Crippen LogP contribution in [0, 0.1) is 0 Å². The first kappa shape index (κ1) is 22.4. The van der Waals surface area contributed by atoms with Gasteiger partial charge in [0.25, 0.3) is 0 Å². The summed E-state index contributed by atoms with van der Waals surface area (Å²) >= 11 is 0. The number of rotatable bonds is 6. The van der Waals surface area contributed by atoms with Gasteiger partial charge in [0.05, 0.1) is 19.3 Å². The highest BCUT2D eigenvalue weighted by molar-refractivity contribution is 14.0. The molecule has 0 amide bonds. The zero-order chi connectivity index (χ0) is 19.1. The number of hydrogen-bond donors (Lipinski definition) is 1. The van der Waals surface area contributed by atoms with Crippen molar-refractivity contribution in [3.63, 3.8) is 0 Å². The Morgan fingerprint density at radius 2 is 2.25 bits per heavy atom. The summed E-state index contributed by atoms with van der Waals surface area (Å²) in [7, 11) is 3.72. The van der Waals surface area contributed by atoms with Gasteiger partial charge < -0.3 is 19.5 Å². The van der Waals surface area contributed by atoms with Gasteiger partial charge in [0.2, 0.25) is 5.56 Å². The molecule has 1 unspecified atom stereocenters. The summed E-state index contributed by atoms with van der Waals surface area (Å²) in [5, 5.41) is 7.66. The number of guanidine groups is 1. The molecule has 0 spiro atoms. The lowest BCUT2D eigenvalue weighted by Gasteiger charge is -2.34. The van der Waals surface area contributed by atoms with Crippen molar-refractivity contribution in [2.24, 2.45) is 12.0 Å². The first-order chi connectivity index (χ1) is 13.2. The lowest BCUT2D eigenvalue weighted by Crippen LogP contribution is -2.48. The van der Waals surface area contributed by atoms with Gasteiger partial charge >= 0.3 is 0 Å². The molecule has 28 heavy (non-hydrogen) atoms. The van der Waals surface area contributed by atoms with Gasteiger partial charge in [-0.15, -0.1) is 24.0 Å². The molecule has 2 aromatic heterocycles. The second-order valence-corrected chi connectivity index (χ2v) is 6.67. The molecular weight excluding hydrogens is 471 g/mol. The number of morpholine rings is 1. The Morgan fingerprint density at radius 1 is 1.39 bits per heavy atom. The number of halogens is 1. The molecule has 0 bridgehead atoms. The predicted octanol–water partition coefficient (Wildman–Crippen LogP) is 1.63. The largest absolute Gasteiger partial charge is 0.370 e. The highest BCUT2D eigenvalue weighted by atomic mass is 127. The van der Waals surface area contributed by atoms with Gasteiger partial charge in [0, 0.05) is 57.8 Å². The summed E-state index contributed by atoms with van der Waals surface area (Å²) in [4.78, 5) is 18.3. The van der Waals surface area contributed by atoms with Gasteiger partial charge in [-0.3, -0.25) is 14.5 Å². The minimum absolute atomic E-state index is 0. The molecule has 0 aromatic carbocycles. The molecule has 0 saturated carbocycles. The van der Waals surface area contributed by atoms with Gasteiger partial charge in [-0.25, -0.2) is 0 Å². The second-order valence-electron chi connectivity index (χ2n) is 6.67. The minimum atomic E-state index is 0. The number of unbranched alkanes of at least 4 members (excludes halogenated alkanes) is 1. The number of aliphatic imine (C=N–C) groups is 1. The zero-order valence-electron chi connectivity index (χ0n) is 16.5. The molecule has 3 rings (SSSR count). The van der Waals surface area contributed by atoms with E-state index in [0.29, 0.717) is 6.61 Å². The van der Waals surface area contributed by atoms with Crippen LogP contribution in [-0.4, -0.2) is 58.5 Å². The number of ether oxygens (including phenoxy) is 1. The Balaban J connectivity index is 0.00000280. The third kappa shape index (κ3) is 6.06. The van der Waals surface area contributed by atoms with Gasteiger partial charge in [-0.05, 0) is 18.9 Å². The fourth-order valence-electron chi connectivity index (χ4n) is 3.23. The van der Waals surface area contributed by atoms with E-state index in [1.54, 1.807) is 28.4 Å². The van der Waals surface area contributed by atoms with E-state index in [4.69, 9.17) is 4.74 Å². The summed E-state index contributed by atoms with van der Waals surface area (Å²) in [5.41, 5.74) is 1.14. The highest BCUT2D eigenvalue weighted by Crippen LogP contribution is 2.21. The monoisotopic (exact) mass is 500 g/mol. The van der Waals surface area contributed by atoms with Crippen LogP contribution < -0.4 is 10.9 Å². The quantitative estimate of drug-likeness (QED) is 0.283. The zero-order valence-corrected chi connectivity index (χ0v) is 18.8. The molecular formula is C19H29IN6O2. The molecule has 0 aliphatic carbocycles. The molecule has 1 N–H and O–H groups in total. The Labute approximate surface area is 182 Å². The fraction of sp³-hybridized carbons (Fsp3) is 0.526. The van der Waals surface area contributed by atoms with Gasteiger partial charge in [0.1, 0.15) is 6.10 Å². The number of pyridine rings is 1. The molecule has 0 radical (unpaired) electrons. The summed E-state index contributed by atoms with van der Waals surface area (Å²) in [5.74, 6) is 0.893. The maximum atomic E-state index is 11.7. The van der Waals surface area contributed by atoms with E-state index in [9.17, 15) is 4.79 Å². The van der Waals surface area contributed by atoms with Crippen LogP contribution in [0.4, 0.5) is 0 Å². The first-order valence-corrected chi connectivity index (χ1v) is 9.38. The summed E-state index contributed by atoms with van der Waals surface area (Å²) in [6.07, 6.45) is 7.61. The maximum Gasteiger partial charge on any atom is 0.250 e. The SMILES string of the molecule is CN=C(NCCCCn1ccccc1=O)N1CCOC(c2cnn(C)c2)C1.I. The summed E-state index contributed by atoms with van der Waals surface area (Å²) in [6.45, 7) is 3.79. The van der Waals surface area contributed by atoms with Crippen molar-refractivity contribution < 1.29 is 4.74 Å². The first-order valence-electron chi connectivity index (χ1n) is 9.38. The van der Waals surface area contributed by atoms with Gasteiger partial charge in [-0.1, -0.05) is 6.07 Å². The third-order valence-electron chi connectivity index (χ3n) is 4.68. The maximum absolute atomic E-state index is 11.7. The normalized spacial score (nSPS) is 17.3. The molecule has 2 aromatic rings. The van der Waals surface area contributed by atoms with Crippen molar-refractivity contribution in [3.8, 4) is 0 Å². The molecule has 3 heterocycles. The molecule has 1 fully saturated rings. The van der Waals surface area contributed by atoms with E-state index in [1.807, 2.05) is 31.7 Å². The van der Waals surface area contributed by atoms with E-state index < -0.39 is 0 Å². The second kappa shape index (κ2) is 11.2. The van der Waals surface area contributed by atoms with Crippen LogP contribution in [0.2, 0.25) is 0 Å². The fourth-order valence-corrected chi connectivity index (χ4v) is 3.23. The van der Waals surface area contributed by atoms with Crippen LogP contribution in [0.25, 0.3) is 0 Å². The van der Waals surface area contributed by atoms with E-state index in [-0.39, 0.29) is 35.6 Å². The molecule has 1 atom stereocenters. The van der Waals surface area contributed by atoms with E-state index in [1.165, 1.54) is 0 Å². The topological polar surface area (TPSA) is 76.7 Å². The lowest BCUT2D eigenvalue weighted by atomic mass is 10.1. The summed E-state index contributed by atoms with van der Waals surface area (Å²) in [6, 6.07) is 5.25. The predicted molar refractivity (Wildman–Crippen MR) is 120 cm³/mol. The number of nitrogens with zero attached hydrogens (tertiary/aromatic N) is 5. The molecule has 1 saturated heterocycles. The highest BCUT2D eigenvalue weighted by Gasteiger charge is 2.24. The van der Waals surface area contributed by atoms with E-state index in [2.05, 4.69) is 20.3 Å². The van der Waals surface area contributed by atoms with Crippen molar-refractivity contribution in [2.45, 2.75) is 25.5 Å². The molecule has 154 valence electrons. The van der Waals surface area contributed by atoms with Crippen LogP contribution in [-0.2, 0) is 18.3 Å². The average molecular weight is 500 g/mol. The minimum Gasteiger partial charge on any atom is -0.370 e. The number of nitrogens with one attached hydrogen (secondary N) is 1. The number of aryl methyl sites for hydroxylation is 2. The van der Waals surface area contributed by atoms with Gasteiger partial charge in [-0.2, -0.15) is 5.10 Å². The van der Waals surface area contributed by atoms with Crippen molar-refractivity contribution >= 4 is 29.9 Å². The van der Waals surface area contributed by atoms with Crippen molar-refractivity contribution in [1.29, 1.82) is 0 Å².